The van der Waals surface area contributed by atoms with Crippen molar-refractivity contribution in [1.29, 1.82) is 0 Å². The average Bonchev–Trinajstić information content (AvgIpc) is 3.29. The van der Waals surface area contributed by atoms with Gasteiger partial charge in [0.05, 0.1) is 17.8 Å². The van der Waals surface area contributed by atoms with Crippen LogP contribution in [0.5, 0.6) is 0 Å². The largest absolute Gasteiger partial charge is 0.480 e. The Morgan fingerprint density at radius 3 is 2.55 bits per heavy atom. The number of carbonyl (C=O) groups excluding carboxylic acids is 1. The highest BCUT2D eigenvalue weighted by atomic mass is 32.1. The number of ether oxygens (including phenoxy) is 1. The molecule has 2 heterocycles. The van der Waals surface area contributed by atoms with Crippen LogP contribution < -0.4 is 10.2 Å². The van der Waals surface area contributed by atoms with Gasteiger partial charge in [-0.15, -0.1) is 0 Å². The minimum Gasteiger partial charge on any atom is -0.480 e. The lowest BCUT2D eigenvalue weighted by molar-refractivity contribution is -0.138. The van der Waals surface area contributed by atoms with Crippen LogP contribution in [0.15, 0.2) is 42.7 Å². The third kappa shape index (κ3) is 8.71. The quantitative estimate of drug-likeness (QED) is 0.118. The first-order valence-electron chi connectivity index (χ1n) is 12.8. The summed E-state index contributed by atoms with van der Waals surface area (Å²) in [4.78, 5) is 32.6. The number of carboxylic acids is 1. The van der Waals surface area contributed by atoms with E-state index in [1.807, 2.05) is 0 Å². The number of halogens is 4. The Kier molecular flexibility index (Phi) is 11.4. The van der Waals surface area contributed by atoms with Crippen LogP contribution in [-0.4, -0.2) is 40.4 Å². The van der Waals surface area contributed by atoms with Gasteiger partial charge in [0, 0.05) is 18.0 Å². The van der Waals surface area contributed by atoms with Crippen LogP contribution in [-0.2, 0) is 22.1 Å². The van der Waals surface area contributed by atoms with Crippen LogP contribution in [0.1, 0.15) is 56.6 Å². The molecule has 3 aromatic rings. The summed E-state index contributed by atoms with van der Waals surface area (Å²) in [6, 6.07) is 6.56. The molecule has 40 heavy (non-hydrogen) atoms. The molecule has 0 aliphatic heterocycles. The zero-order valence-electron chi connectivity index (χ0n) is 21.8. The fourth-order valence-corrected chi connectivity index (χ4v) is 4.81. The van der Waals surface area contributed by atoms with Crippen LogP contribution in [0, 0.1) is 5.13 Å². The summed E-state index contributed by atoms with van der Waals surface area (Å²) >= 11 is 0.449. The van der Waals surface area contributed by atoms with Crippen molar-refractivity contribution < 1.29 is 37.0 Å². The molecular weight excluding hydrogens is 552 g/mol. The van der Waals surface area contributed by atoms with E-state index < -0.39 is 42.2 Å². The van der Waals surface area contributed by atoms with Crippen LogP contribution in [0.3, 0.4) is 0 Å². The van der Waals surface area contributed by atoms with Crippen LogP contribution in [0.25, 0.3) is 11.3 Å². The lowest BCUT2D eigenvalue weighted by Crippen LogP contribution is -2.32. The number of aryl methyl sites for hydroxylation is 1. The van der Waals surface area contributed by atoms with Crippen LogP contribution >= 0.6 is 11.3 Å². The summed E-state index contributed by atoms with van der Waals surface area (Å²) in [5.41, 5.74) is -0.877. The second kappa shape index (κ2) is 14.7. The average molecular weight is 583 g/mol. The number of alkyl halides is 3. The Balaban J connectivity index is 1.94. The van der Waals surface area contributed by atoms with Gasteiger partial charge in [0.1, 0.15) is 12.4 Å². The molecule has 2 N–H and O–H groups in total. The third-order valence-corrected chi connectivity index (χ3v) is 6.74. The number of benzene rings is 1. The molecule has 0 aliphatic carbocycles. The number of nitrogens with zero attached hydrogens (tertiary/aromatic N) is 3. The van der Waals surface area contributed by atoms with E-state index in [4.69, 9.17) is 9.84 Å². The summed E-state index contributed by atoms with van der Waals surface area (Å²) < 4.78 is 62.3. The number of pyridine rings is 1. The molecule has 0 atom stereocenters. The van der Waals surface area contributed by atoms with Gasteiger partial charge in [-0.2, -0.15) is 17.6 Å². The van der Waals surface area contributed by atoms with Crippen molar-refractivity contribution in [2.24, 2.45) is 0 Å². The molecule has 2 aromatic heterocycles. The number of unbranched alkanes of at least 4 members (excludes halogenated alkanes) is 5. The fourth-order valence-electron chi connectivity index (χ4n) is 3.98. The topological polar surface area (TPSA) is 105 Å². The summed E-state index contributed by atoms with van der Waals surface area (Å²) in [7, 11) is 0. The molecule has 3 rings (SSSR count). The molecule has 13 heteroatoms. The van der Waals surface area contributed by atoms with Crippen molar-refractivity contribution in [3.8, 4) is 11.3 Å². The number of carboxylic acid groups (broad SMARTS) is 1. The van der Waals surface area contributed by atoms with E-state index >= 15 is 0 Å². The predicted octanol–water partition coefficient (Wildman–Crippen LogP) is 7.17. The van der Waals surface area contributed by atoms with Crippen molar-refractivity contribution in [3.05, 3.63) is 59.0 Å². The summed E-state index contributed by atoms with van der Waals surface area (Å²) in [6.07, 6.45) is 2.69. The number of anilines is 2. The molecule has 0 saturated carbocycles. The highest BCUT2D eigenvalue weighted by molar-refractivity contribution is 7.14. The van der Waals surface area contributed by atoms with E-state index in [1.54, 1.807) is 12.1 Å². The number of aliphatic carboxylic acids is 1. The Labute approximate surface area is 233 Å². The SMILES string of the molecule is CCCCCCCCc1ccc(N(C(=O)OCNCC(=O)O)c2nc(-c3cccnc3)c(F)s2)cc1C(F)(F)F. The Morgan fingerprint density at radius 2 is 1.88 bits per heavy atom. The van der Waals surface area contributed by atoms with Crippen molar-refractivity contribution in [1.82, 2.24) is 15.3 Å². The molecule has 0 bridgehead atoms. The van der Waals surface area contributed by atoms with Crippen molar-refractivity contribution in [3.63, 3.8) is 0 Å². The third-order valence-electron chi connectivity index (χ3n) is 5.91. The maximum atomic E-state index is 14.9. The molecule has 0 saturated heterocycles. The Hall–Kier alpha value is -3.58. The zero-order valence-corrected chi connectivity index (χ0v) is 22.7. The zero-order chi connectivity index (χ0) is 29.1. The predicted molar refractivity (Wildman–Crippen MR) is 143 cm³/mol. The van der Waals surface area contributed by atoms with Crippen molar-refractivity contribution in [2.75, 3.05) is 18.2 Å². The minimum absolute atomic E-state index is 0.0875. The number of thiazole rings is 1. The molecule has 0 spiro atoms. The lowest BCUT2D eigenvalue weighted by Gasteiger charge is -2.22. The number of rotatable bonds is 14. The van der Waals surface area contributed by atoms with E-state index in [0.717, 1.165) is 43.1 Å². The fraction of sp³-hybridized carbons (Fsp3) is 0.407. The first-order valence-corrected chi connectivity index (χ1v) is 13.6. The first kappa shape index (κ1) is 31.0. The highest BCUT2D eigenvalue weighted by Crippen LogP contribution is 2.39. The first-order chi connectivity index (χ1) is 19.1. The second-order valence-corrected chi connectivity index (χ2v) is 9.86. The highest BCUT2D eigenvalue weighted by Gasteiger charge is 2.35. The van der Waals surface area contributed by atoms with Crippen LogP contribution in [0.4, 0.5) is 33.2 Å². The number of hydrogen-bond donors (Lipinski definition) is 2. The number of hydrogen-bond acceptors (Lipinski definition) is 7. The van der Waals surface area contributed by atoms with Gasteiger partial charge in [-0.3, -0.25) is 15.1 Å². The minimum atomic E-state index is -4.71. The maximum absolute atomic E-state index is 14.9. The molecule has 8 nitrogen and oxygen atoms in total. The summed E-state index contributed by atoms with van der Waals surface area (Å²) in [5, 5.41) is 10.1. The van der Waals surface area contributed by atoms with Gasteiger partial charge in [-0.25, -0.2) is 14.7 Å². The molecule has 1 amide bonds. The molecule has 0 unspecified atom stereocenters. The van der Waals surface area contributed by atoms with Gasteiger partial charge < -0.3 is 9.84 Å². The normalized spacial score (nSPS) is 11.4. The van der Waals surface area contributed by atoms with E-state index in [9.17, 15) is 27.2 Å². The second-order valence-electron chi connectivity index (χ2n) is 8.93. The van der Waals surface area contributed by atoms with Crippen molar-refractivity contribution in [2.45, 2.75) is 58.0 Å². The van der Waals surface area contributed by atoms with Gasteiger partial charge >= 0.3 is 18.2 Å². The van der Waals surface area contributed by atoms with E-state index in [2.05, 4.69) is 22.2 Å². The van der Waals surface area contributed by atoms with Gasteiger partial charge in [0.15, 0.2) is 0 Å². The van der Waals surface area contributed by atoms with Gasteiger partial charge in [-0.1, -0.05) is 56.4 Å². The smallest absolute Gasteiger partial charge is 0.422 e. The Bertz CT molecular complexity index is 1270. The molecule has 0 aliphatic rings. The molecule has 216 valence electrons. The number of nitrogens with one attached hydrogen (secondary N) is 1. The van der Waals surface area contributed by atoms with Crippen LogP contribution in [0.2, 0.25) is 0 Å². The van der Waals surface area contributed by atoms with Gasteiger partial charge in [-0.05, 0) is 42.7 Å². The summed E-state index contributed by atoms with van der Waals surface area (Å²) in [5.74, 6) is -1.20. The number of carbonyl (C=O) groups is 2. The van der Waals surface area contributed by atoms with Crippen molar-refractivity contribution >= 4 is 34.2 Å². The maximum Gasteiger partial charge on any atom is 0.422 e. The summed E-state index contributed by atoms with van der Waals surface area (Å²) in [6.45, 7) is 1.02. The molecule has 0 fully saturated rings. The Morgan fingerprint density at radius 1 is 1.12 bits per heavy atom. The molecule has 1 aromatic carbocycles. The standard InChI is InChI=1S/C27H30F4N4O4S/c1-2-3-4-5-6-7-9-18-11-12-20(14-21(18)27(29,30)31)35(26(38)39-17-33-16-22(36)37)25-34-23(24(28)40-25)19-10-8-13-32-15-19/h8,10-15,33H,2-7,9,16-17H2,1H3,(H,36,37). The number of aromatic nitrogens is 2. The lowest BCUT2D eigenvalue weighted by atomic mass is 9.99. The van der Waals surface area contributed by atoms with Gasteiger partial charge in [0.2, 0.25) is 10.3 Å². The van der Waals surface area contributed by atoms with E-state index in [0.29, 0.717) is 23.3 Å². The van der Waals surface area contributed by atoms with Gasteiger partial charge in [0.25, 0.3) is 0 Å². The monoisotopic (exact) mass is 582 g/mol. The molecule has 0 radical (unpaired) electrons. The van der Waals surface area contributed by atoms with E-state index in [1.165, 1.54) is 24.5 Å². The molecular formula is C27H30F4N4O4S. The number of amides is 1. The van der Waals surface area contributed by atoms with E-state index in [-0.39, 0.29) is 28.5 Å².